The summed E-state index contributed by atoms with van der Waals surface area (Å²) in [7, 11) is 1.62. The number of fused-ring (bicyclic) bond motifs is 2. The van der Waals surface area contributed by atoms with Crippen molar-refractivity contribution in [1.82, 2.24) is 4.90 Å². The minimum atomic E-state index is -0.474. The van der Waals surface area contributed by atoms with E-state index in [2.05, 4.69) is 20.8 Å². The van der Waals surface area contributed by atoms with E-state index in [-0.39, 0.29) is 28.6 Å². The van der Waals surface area contributed by atoms with Crippen molar-refractivity contribution in [2.45, 2.75) is 39.7 Å². The van der Waals surface area contributed by atoms with E-state index >= 15 is 0 Å². The molecule has 3 nitrogen and oxygen atoms in total. The van der Waals surface area contributed by atoms with Crippen molar-refractivity contribution in [2.75, 3.05) is 18.5 Å². The molecule has 2 unspecified atom stereocenters. The number of carbonyl (C=O) groups excluding carboxylic acids is 1. The van der Waals surface area contributed by atoms with Crippen LogP contribution in [0.3, 0.4) is 0 Å². The predicted octanol–water partition coefficient (Wildman–Crippen LogP) is 4.55. The predicted molar refractivity (Wildman–Crippen MR) is 86.8 cm³/mol. The van der Waals surface area contributed by atoms with Gasteiger partial charge in [0.2, 0.25) is 0 Å². The van der Waals surface area contributed by atoms with Crippen LogP contribution in [0.4, 0.5) is 14.9 Å². The van der Waals surface area contributed by atoms with Gasteiger partial charge in [-0.15, -0.1) is 0 Å². The summed E-state index contributed by atoms with van der Waals surface area (Å²) in [6.07, 6.45) is 2.16. The summed E-state index contributed by atoms with van der Waals surface area (Å²) in [5, 5.41) is 0.330. The van der Waals surface area contributed by atoms with E-state index in [1.54, 1.807) is 19.2 Å². The van der Waals surface area contributed by atoms with E-state index in [9.17, 15) is 9.18 Å². The fourth-order valence-corrected chi connectivity index (χ4v) is 4.62. The number of hydrogen-bond acceptors (Lipinski definition) is 1. The number of hydrogen-bond donors (Lipinski definition) is 0. The molecule has 1 heterocycles. The van der Waals surface area contributed by atoms with E-state index in [1.165, 1.54) is 11.0 Å². The van der Waals surface area contributed by atoms with Crippen LogP contribution in [-0.4, -0.2) is 30.6 Å². The zero-order valence-electron chi connectivity index (χ0n) is 13.5. The number of benzene rings is 1. The standard InChI is InChI=1S/C17H22ClFN2O/c1-16(2)9-17(3)8-14(16)21(10-17)15(22)20(4)13-6-5-11(18)7-12(13)19/h5-7,14H,8-10H2,1-4H3. The second kappa shape index (κ2) is 4.85. The van der Waals surface area contributed by atoms with Gasteiger partial charge < -0.3 is 4.90 Å². The van der Waals surface area contributed by atoms with Crippen LogP contribution in [-0.2, 0) is 0 Å². The molecule has 22 heavy (non-hydrogen) atoms. The molecule has 3 rings (SSSR count). The van der Waals surface area contributed by atoms with Crippen LogP contribution < -0.4 is 4.90 Å². The minimum Gasteiger partial charge on any atom is -0.320 e. The van der Waals surface area contributed by atoms with Crippen molar-refractivity contribution in [3.63, 3.8) is 0 Å². The molecule has 1 aliphatic heterocycles. The third kappa shape index (κ3) is 2.37. The highest BCUT2D eigenvalue weighted by Gasteiger charge is 2.57. The lowest BCUT2D eigenvalue weighted by atomic mass is 9.79. The second-order valence-electron chi connectivity index (χ2n) is 7.76. The van der Waals surface area contributed by atoms with Crippen molar-refractivity contribution < 1.29 is 9.18 Å². The number of nitrogens with zero attached hydrogens (tertiary/aromatic N) is 2. The molecule has 0 spiro atoms. The maximum absolute atomic E-state index is 14.1. The first-order valence-electron chi connectivity index (χ1n) is 7.62. The lowest BCUT2D eigenvalue weighted by molar-refractivity contribution is 0.0992. The van der Waals surface area contributed by atoms with Gasteiger partial charge >= 0.3 is 6.03 Å². The average molecular weight is 325 g/mol. The number of rotatable bonds is 1. The fourth-order valence-electron chi connectivity index (χ4n) is 4.46. The Morgan fingerprint density at radius 1 is 1.41 bits per heavy atom. The van der Waals surface area contributed by atoms with Gasteiger partial charge in [-0.25, -0.2) is 9.18 Å². The van der Waals surface area contributed by atoms with Crippen LogP contribution in [0, 0.1) is 16.6 Å². The van der Waals surface area contributed by atoms with Gasteiger partial charge in [0.05, 0.1) is 5.69 Å². The molecule has 2 fully saturated rings. The van der Waals surface area contributed by atoms with E-state index in [1.807, 2.05) is 4.90 Å². The molecule has 1 aromatic rings. The Kier molecular flexibility index (Phi) is 3.44. The maximum atomic E-state index is 14.1. The van der Waals surface area contributed by atoms with Crippen LogP contribution in [0.1, 0.15) is 33.6 Å². The summed E-state index contributed by atoms with van der Waals surface area (Å²) >= 11 is 5.78. The molecule has 1 saturated carbocycles. The Morgan fingerprint density at radius 2 is 2.09 bits per heavy atom. The van der Waals surface area contributed by atoms with Gasteiger partial charge in [-0.2, -0.15) is 0 Å². The van der Waals surface area contributed by atoms with Crippen LogP contribution >= 0.6 is 11.6 Å². The van der Waals surface area contributed by atoms with E-state index in [0.717, 1.165) is 19.4 Å². The monoisotopic (exact) mass is 324 g/mol. The zero-order valence-corrected chi connectivity index (χ0v) is 14.2. The topological polar surface area (TPSA) is 23.6 Å². The first-order valence-corrected chi connectivity index (χ1v) is 8.00. The molecule has 1 aliphatic carbocycles. The molecule has 1 aromatic carbocycles. The summed E-state index contributed by atoms with van der Waals surface area (Å²) < 4.78 is 14.1. The normalized spacial score (nSPS) is 29.0. The van der Waals surface area contributed by atoms with Crippen molar-refractivity contribution in [2.24, 2.45) is 10.8 Å². The molecular weight excluding hydrogens is 303 g/mol. The number of anilines is 1. The molecule has 2 aliphatic rings. The van der Waals surface area contributed by atoms with E-state index in [4.69, 9.17) is 11.6 Å². The second-order valence-corrected chi connectivity index (χ2v) is 8.20. The minimum absolute atomic E-state index is 0.113. The van der Waals surface area contributed by atoms with E-state index < -0.39 is 5.82 Å². The highest BCUT2D eigenvalue weighted by Crippen LogP contribution is 2.56. The lowest BCUT2D eigenvalue weighted by Gasteiger charge is -2.42. The molecule has 0 aromatic heterocycles. The molecule has 0 radical (unpaired) electrons. The number of likely N-dealkylation sites (tertiary alicyclic amines) is 1. The van der Waals surface area contributed by atoms with Crippen LogP contribution in [0.2, 0.25) is 5.02 Å². The quantitative estimate of drug-likeness (QED) is 0.743. The van der Waals surface area contributed by atoms with Crippen molar-refractivity contribution in [3.8, 4) is 0 Å². The van der Waals surface area contributed by atoms with Crippen molar-refractivity contribution in [1.29, 1.82) is 0 Å². The third-order valence-corrected chi connectivity index (χ3v) is 5.44. The highest BCUT2D eigenvalue weighted by atomic mass is 35.5. The summed E-state index contributed by atoms with van der Waals surface area (Å²) in [6, 6.07) is 4.48. The summed E-state index contributed by atoms with van der Waals surface area (Å²) in [5.41, 5.74) is 0.561. The summed E-state index contributed by atoms with van der Waals surface area (Å²) in [4.78, 5) is 16.2. The Labute approximate surface area is 136 Å². The Bertz CT molecular complexity index is 630. The Morgan fingerprint density at radius 3 is 2.64 bits per heavy atom. The van der Waals surface area contributed by atoms with Gasteiger partial charge in [0, 0.05) is 24.7 Å². The summed E-state index contributed by atoms with van der Waals surface area (Å²) in [5.74, 6) is -0.474. The first kappa shape index (κ1) is 15.6. The Hall–Kier alpha value is -1.29. The number of halogens is 2. The van der Waals surface area contributed by atoms with Gasteiger partial charge in [0.25, 0.3) is 0 Å². The summed E-state index contributed by atoms with van der Waals surface area (Å²) in [6.45, 7) is 7.42. The zero-order chi connectivity index (χ0) is 16.3. The SMILES string of the molecule is CN(C(=O)N1CC2(C)CC1C(C)(C)C2)c1ccc(Cl)cc1F. The molecule has 2 bridgehead atoms. The van der Waals surface area contributed by atoms with Gasteiger partial charge in [-0.05, 0) is 41.9 Å². The van der Waals surface area contributed by atoms with Gasteiger partial charge in [0.1, 0.15) is 5.82 Å². The number of urea groups is 1. The maximum Gasteiger partial charge on any atom is 0.324 e. The third-order valence-electron chi connectivity index (χ3n) is 5.20. The number of piperidine rings is 1. The smallest absolute Gasteiger partial charge is 0.320 e. The van der Waals surface area contributed by atoms with Crippen molar-refractivity contribution >= 4 is 23.3 Å². The molecule has 2 atom stereocenters. The van der Waals surface area contributed by atoms with Crippen LogP contribution in [0.5, 0.6) is 0 Å². The molecule has 120 valence electrons. The Balaban J connectivity index is 1.85. The van der Waals surface area contributed by atoms with E-state index in [0.29, 0.717) is 5.02 Å². The molecule has 0 N–H and O–H groups in total. The van der Waals surface area contributed by atoms with Gasteiger partial charge in [-0.3, -0.25) is 4.90 Å². The highest BCUT2D eigenvalue weighted by molar-refractivity contribution is 6.30. The van der Waals surface area contributed by atoms with Crippen LogP contribution in [0.25, 0.3) is 0 Å². The lowest BCUT2D eigenvalue weighted by Crippen LogP contribution is -2.52. The van der Waals surface area contributed by atoms with Gasteiger partial charge in [-0.1, -0.05) is 32.4 Å². The van der Waals surface area contributed by atoms with Gasteiger partial charge in [0.15, 0.2) is 0 Å². The van der Waals surface area contributed by atoms with Crippen LogP contribution in [0.15, 0.2) is 18.2 Å². The first-order chi connectivity index (χ1) is 10.1. The average Bonchev–Trinajstić information content (AvgIpc) is 2.85. The molecule has 5 heteroatoms. The molecular formula is C17H22ClFN2O. The van der Waals surface area contributed by atoms with Crippen molar-refractivity contribution in [3.05, 3.63) is 29.0 Å². The largest absolute Gasteiger partial charge is 0.324 e. The number of amides is 2. The molecule has 1 saturated heterocycles. The number of carbonyl (C=O) groups is 1. The molecule has 2 amide bonds. The fraction of sp³-hybridized carbons (Fsp3) is 0.588.